The molecule has 140 valence electrons. The Balaban J connectivity index is 1.73. The van der Waals surface area contributed by atoms with Gasteiger partial charge in [-0.1, -0.05) is 0 Å². The number of imidazole rings is 1. The molecule has 8 nitrogen and oxygen atoms in total. The van der Waals surface area contributed by atoms with Crippen molar-refractivity contribution in [1.82, 2.24) is 24.8 Å². The van der Waals surface area contributed by atoms with Crippen molar-refractivity contribution >= 4 is 5.91 Å². The van der Waals surface area contributed by atoms with Crippen molar-refractivity contribution in [2.75, 3.05) is 19.7 Å². The van der Waals surface area contributed by atoms with Gasteiger partial charge in [0.25, 0.3) is 0 Å². The molecule has 0 spiro atoms. The number of amides is 1. The molecule has 1 saturated heterocycles. The van der Waals surface area contributed by atoms with Gasteiger partial charge in [0, 0.05) is 44.8 Å². The normalized spacial score (nSPS) is 20.6. The van der Waals surface area contributed by atoms with E-state index in [-0.39, 0.29) is 30.4 Å². The van der Waals surface area contributed by atoms with Gasteiger partial charge in [0.15, 0.2) is 0 Å². The number of morpholine rings is 1. The highest BCUT2D eigenvalue weighted by Crippen LogP contribution is 2.28. The average molecular weight is 359 g/mol. The van der Waals surface area contributed by atoms with Gasteiger partial charge >= 0.3 is 0 Å². The minimum atomic E-state index is -0.257. The van der Waals surface area contributed by atoms with E-state index in [9.17, 15) is 9.90 Å². The predicted molar refractivity (Wildman–Crippen MR) is 95.4 cm³/mol. The quantitative estimate of drug-likeness (QED) is 0.796. The number of carbonyl (C=O) groups excluding carboxylic acids is 1. The smallest absolute Gasteiger partial charge is 0.249 e. The average Bonchev–Trinajstić information content (AvgIpc) is 3.04. The lowest BCUT2D eigenvalue weighted by molar-refractivity contribution is -0.157. The minimum absolute atomic E-state index is 0.0326. The first-order valence-corrected chi connectivity index (χ1v) is 8.75. The van der Waals surface area contributed by atoms with E-state index in [2.05, 4.69) is 15.3 Å². The summed E-state index contributed by atoms with van der Waals surface area (Å²) < 4.78 is 7.73. The number of nitrogens with one attached hydrogen (secondary N) is 1. The van der Waals surface area contributed by atoms with Gasteiger partial charge in [-0.05, 0) is 26.0 Å². The van der Waals surface area contributed by atoms with Crippen LogP contribution in [-0.2, 0) is 23.1 Å². The Kier molecular flexibility index (Phi) is 5.53. The molecule has 0 unspecified atom stereocenters. The van der Waals surface area contributed by atoms with Crippen LogP contribution in [0.3, 0.4) is 0 Å². The van der Waals surface area contributed by atoms with E-state index in [1.165, 1.54) is 0 Å². The molecule has 1 fully saturated rings. The first kappa shape index (κ1) is 18.3. The molecule has 1 aliphatic rings. The maximum Gasteiger partial charge on any atom is 0.249 e. The Bertz CT molecular complexity index is 776. The second kappa shape index (κ2) is 7.84. The molecule has 2 atom stereocenters. The Hall–Kier alpha value is -2.45. The van der Waals surface area contributed by atoms with Crippen LogP contribution in [-0.4, -0.2) is 56.2 Å². The summed E-state index contributed by atoms with van der Waals surface area (Å²) in [6.07, 6.45) is 3.35. The van der Waals surface area contributed by atoms with Crippen LogP contribution in [0, 0.1) is 6.92 Å². The maximum atomic E-state index is 12.3. The van der Waals surface area contributed by atoms with Gasteiger partial charge in [0.2, 0.25) is 5.91 Å². The number of likely N-dealkylation sites (N-methyl/N-ethyl adjacent to an activating group) is 1. The van der Waals surface area contributed by atoms with Crippen molar-refractivity contribution in [3.63, 3.8) is 0 Å². The van der Waals surface area contributed by atoms with E-state index in [1.54, 1.807) is 23.2 Å². The summed E-state index contributed by atoms with van der Waals surface area (Å²) in [7, 11) is 1.91. The summed E-state index contributed by atoms with van der Waals surface area (Å²) in [6, 6.07) is 3.16. The van der Waals surface area contributed by atoms with Crippen LogP contribution < -0.4 is 5.32 Å². The molecular formula is C18H25N5O3. The van der Waals surface area contributed by atoms with Crippen LogP contribution in [0.1, 0.15) is 30.2 Å². The molecule has 0 aliphatic carbocycles. The van der Waals surface area contributed by atoms with Crippen molar-refractivity contribution in [2.24, 2.45) is 7.05 Å². The molecule has 0 aromatic carbocycles. The largest absolute Gasteiger partial charge is 0.506 e. The second-order valence-corrected chi connectivity index (χ2v) is 6.42. The van der Waals surface area contributed by atoms with Crippen molar-refractivity contribution in [3.05, 3.63) is 41.7 Å². The lowest BCUT2D eigenvalue weighted by Crippen LogP contribution is -2.52. The number of nitrogens with zero attached hydrogens (tertiary/aromatic N) is 4. The second-order valence-electron chi connectivity index (χ2n) is 6.42. The highest BCUT2D eigenvalue weighted by Gasteiger charge is 2.38. The number of ether oxygens (including phenoxy) is 1. The molecule has 2 N–H and O–H groups in total. The number of pyridine rings is 1. The third kappa shape index (κ3) is 3.71. The standard InChI is InChI=1S/C18H25N5O3/c1-4-23-16(25)11-26-15(17(23)18-20-7-8-22(18)3)10-19-9-13-14(24)6-5-12(2)21-13/h5-8,15,17,19,24H,4,9-11H2,1-3H3/t15-,17+/m0/s1. The summed E-state index contributed by atoms with van der Waals surface area (Å²) in [4.78, 5) is 22.8. The third-order valence-electron chi connectivity index (χ3n) is 4.62. The van der Waals surface area contributed by atoms with Crippen LogP contribution in [0.4, 0.5) is 0 Å². The Morgan fingerprint density at radius 1 is 1.42 bits per heavy atom. The molecule has 0 radical (unpaired) electrons. The summed E-state index contributed by atoms with van der Waals surface area (Å²) in [5.41, 5.74) is 1.44. The van der Waals surface area contributed by atoms with Crippen molar-refractivity contribution < 1.29 is 14.6 Å². The molecule has 2 aromatic heterocycles. The van der Waals surface area contributed by atoms with Crippen LogP contribution in [0.25, 0.3) is 0 Å². The van der Waals surface area contributed by atoms with E-state index in [4.69, 9.17) is 4.74 Å². The highest BCUT2D eigenvalue weighted by molar-refractivity contribution is 5.78. The first-order chi connectivity index (χ1) is 12.5. The summed E-state index contributed by atoms with van der Waals surface area (Å²) in [6.45, 7) is 5.43. The van der Waals surface area contributed by atoms with Crippen molar-refractivity contribution in [3.8, 4) is 5.75 Å². The minimum Gasteiger partial charge on any atom is -0.506 e. The lowest BCUT2D eigenvalue weighted by Gasteiger charge is -2.40. The van der Waals surface area contributed by atoms with Gasteiger partial charge in [0.1, 0.15) is 24.2 Å². The van der Waals surface area contributed by atoms with Gasteiger partial charge in [-0.2, -0.15) is 0 Å². The number of hydrogen-bond donors (Lipinski definition) is 2. The molecule has 1 aliphatic heterocycles. The van der Waals surface area contributed by atoms with Crippen molar-refractivity contribution in [2.45, 2.75) is 32.5 Å². The zero-order valence-electron chi connectivity index (χ0n) is 15.3. The number of hydrogen-bond acceptors (Lipinski definition) is 6. The van der Waals surface area contributed by atoms with Crippen molar-refractivity contribution in [1.29, 1.82) is 0 Å². The van der Waals surface area contributed by atoms with E-state index < -0.39 is 0 Å². The number of carbonyl (C=O) groups is 1. The summed E-state index contributed by atoms with van der Waals surface area (Å²) in [5, 5.41) is 13.2. The Morgan fingerprint density at radius 2 is 2.23 bits per heavy atom. The maximum absolute atomic E-state index is 12.3. The highest BCUT2D eigenvalue weighted by atomic mass is 16.5. The van der Waals surface area contributed by atoms with E-state index >= 15 is 0 Å². The summed E-state index contributed by atoms with van der Waals surface area (Å²) >= 11 is 0. The molecule has 3 rings (SSSR count). The van der Waals surface area contributed by atoms with E-state index in [0.29, 0.717) is 25.3 Å². The number of aromatic nitrogens is 3. The Labute approximate surface area is 152 Å². The third-order valence-corrected chi connectivity index (χ3v) is 4.62. The van der Waals surface area contributed by atoms with Crippen LogP contribution >= 0.6 is 0 Å². The topological polar surface area (TPSA) is 92.5 Å². The predicted octanol–water partition coefficient (Wildman–Crippen LogP) is 0.907. The Morgan fingerprint density at radius 3 is 2.92 bits per heavy atom. The van der Waals surface area contributed by atoms with Crippen LogP contribution in [0.5, 0.6) is 5.75 Å². The summed E-state index contributed by atoms with van der Waals surface area (Å²) in [5.74, 6) is 0.927. The fraction of sp³-hybridized carbons (Fsp3) is 0.500. The molecule has 0 saturated carbocycles. The van der Waals surface area contributed by atoms with Gasteiger partial charge in [-0.15, -0.1) is 0 Å². The van der Waals surface area contributed by atoms with Gasteiger partial charge < -0.3 is 24.6 Å². The van der Waals surface area contributed by atoms with Gasteiger partial charge in [0.05, 0.1) is 11.8 Å². The first-order valence-electron chi connectivity index (χ1n) is 8.75. The lowest BCUT2D eigenvalue weighted by atomic mass is 10.1. The number of rotatable bonds is 6. The molecule has 3 heterocycles. The monoisotopic (exact) mass is 359 g/mol. The number of aromatic hydroxyl groups is 1. The molecule has 8 heteroatoms. The fourth-order valence-electron chi connectivity index (χ4n) is 3.29. The molecule has 2 aromatic rings. The number of aryl methyl sites for hydroxylation is 2. The van der Waals surface area contributed by atoms with Crippen LogP contribution in [0.2, 0.25) is 0 Å². The molecule has 26 heavy (non-hydrogen) atoms. The van der Waals surface area contributed by atoms with E-state index in [0.717, 1.165) is 11.5 Å². The van der Waals surface area contributed by atoms with E-state index in [1.807, 2.05) is 31.7 Å². The zero-order valence-corrected chi connectivity index (χ0v) is 15.3. The zero-order chi connectivity index (χ0) is 18.7. The molecule has 0 bridgehead atoms. The molecule has 1 amide bonds. The fourth-order valence-corrected chi connectivity index (χ4v) is 3.29. The van der Waals surface area contributed by atoms with Gasteiger partial charge in [-0.3, -0.25) is 9.78 Å². The van der Waals surface area contributed by atoms with Crippen LogP contribution in [0.15, 0.2) is 24.5 Å². The SMILES string of the molecule is CCN1C(=O)CO[C@@H](CNCc2nc(C)ccc2O)[C@@H]1c1nccn1C. The van der Waals surface area contributed by atoms with Gasteiger partial charge in [-0.25, -0.2) is 4.98 Å². The molecular weight excluding hydrogens is 334 g/mol.